The molecule has 0 radical (unpaired) electrons. The predicted molar refractivity (Wildman–Crippen MR) is 85.7 cm³/mol. The highest BCUT2D eigenvalue weighted by Gasteiger charge is 2.23. The maximum absolute atomic E-state index is 12.3. The Morgan fingerprint density at radius 2 is 1.95 bits per heavy atom. The summed E-state index contributed by atoms with van der Waals surface area (Å²) in [7, 11) is 1.82. The summed E-state index contributed by atoms with van der Waals surface area (Å²) in [5, 5.41) is 8.14. The Hall–Kier alpha value is -1.81. The molecule has 0 atom stereocenters. The normalized spacial score (nSPS) is 11.2. The van der Waals surface area contributed by atoms with Crippen LogP contribution in [-0.4, -0.2) is 19.5 Å². The van der Waals surface area contributed by atoms with Crippen LogP contribution in [0.4, 0.5) is 5.69 Å². The van der Waals surface area contributed by atoms with Crippen LogP contribution in [0.25, 0.3) is 0 Å². The number of carbonyl (C=O) groups excluding carboxylic acids is 1. The summed E-state index contributed by atoms with van der Waals surface area (Å²) < 4.78 is 0. The van der Waals surface area contributed by atoms with Crippen molar-refractivity contribution in [3.63, 3.8) is 0 Å². The number of anilines is 1. The van der Waals surface area contributed by atoms with E-state index in [9.17, 15) is 4.79 Å². The topological polar surface area (TPSA) is 41.1 Å². The van der Waals surface area contributed by atoms with Gasteiger partial charge >= 0.3 is 0 Å². The van der Waals surface area contributed by atoms with Crippen LogP contribution in [0, 0.1) is 0 Å². The maximum Gasteiger partial charge on any atom is 0.253 e. The Labute approximate surface area is 124 Å². The molecule has 1 aromatic carbocycles. The minimum Gasteiger partial charge on any atom is -0.387 e. The lowest BCUT2D eigenvalue weighted by atomic mass is 9.91. The number of rotatable bonds is 5. The smallest absolute Gasteiger partial charge is 0.253 e. The van der Waals surface area contributed by atoms with E-state index in [1.165, 1.54) is 4.88 Å². The third-order valence-corrected chi connectivity index (χ3v) is 4.56. The molecular weight excluding hydrogens is 268 g/mol. The number of amides is 1. The van der Waals surface area contributed by atoms with E-state index >= 15 is 0 Å². The van der Waals surface area contributed by atoms with Crippen LogP contribution in [0.3, 0.4) is 0 Å². The van der Waals surface area contributed by atoms with Gasteiger partial charge in [0.1, 0.15) is 0 Å². The number of hydrogen-bond donors (Lipinski definition) is 2. The standard InChI is InChI=1S/C16H20N2OS/c1-16(2,14-9-6-10-20-14)11-18-15(19)12-7-4-5-8-13(12)17-3/h4-10,17H,11H2,1-3H3,(H,18,19). The summed E-state index contributed by atoms with van der Waals surface area (Å²) in [6, 6.07) is 11.7. The lowest BCUT2D eigenvalue weighted by Gasteiger charge is -2.24. The molecule has 1 heterocycles. The average molecular weight is 288 g/mol. The van der Waals surface area contributed by atoms with Crippen molar-refractivity contribution in [2.24, 2.45) is 0 Å². The lowest BCUT2D eigenvalue weighted by molar-refractivity contribution is 0.0946. The van der Waals surface area contributed by atoms with Gasteiger partial charge in [0, 0.05) is 29.6 Å². The fourth-order valence-corrected chi connectivity index (χ4v) is 2.90. The van der Waals surface area contributed by atoms with Gasteiger partial charge in [-0.25, -0.2) is 0 Å². The van der Waals surface area contributed by atoms with Crippen LogP contribution in [0.5, 0.6) is 0 Å². The van der Waals surface area contributed by atoms with Crippen molar-refractivity contribution in [2.75, 3.05) is 18.9 Å². The SMILES string of the molecule is CNc1ccccc1C(=O)NCC(C)(C)c1cccs1. The lowest BCUT2D eigenvalue weighted by Crippen LogP contribution is -2.36. The average Bonchev–Trinajstić information content (AvgIpc) is 3.00. The van der Waals surface area contributed by atoms with Crippen molar-refractivity contribution in [3.8, 4) is 0 Å². The first-order chi connectivity index (χ1) is 9.54. The zero-order valence-corrected chi connectivity index (χ0v) is 12.9. The zero-order chi connectivity index (χ0) is 14.6. The van der Waals surface area contributed by atoms with Gasteiger partial charge in [-0.1, -0.05) is 32.0 Å². The highest BCUT2D eigenvalue weighted by atomic mass is 32.1. The van der Waals surface area contributed by atoms with Crippen LogP contribution < -0.4 is 10.6 Å². The van der Waals surface area contributed by atoms with E-state index in [0.717, 1.165) is 5.69 Å². The molecule has 0 bridgehead atoms. The monoisotopic (exact) mass is 288 g/mol. The Morgan fingerprint density at radius 1 is 1.20 bits per heavy atom. The first kappa shape index (κ1) is 14.6. The molecule has 0 spiro atoms. The predicted octanol–water partition coefficient (Wildman–Crippen LogP) is 3.50. The first-order valence-electron chi connectivity index (χ1n) is 6.63. The summed E-state index contributed by atoms with van der Waals surface area (Å²) in [4.78, 5) is 13.6. The van der Waals surface area contributed by atoms with Crippen molar-refractivity contribution in [1.82, 2.24) is 5.32 Å². The molecule has 1 aromatic heterocycles. The highest BCUT2D eigenvalue weighted by Crippen LogP contribution is 2.26. The Balaban J connectivity index is 2.06. The third kappa shape index (κ3) is 3.20. The molecule has 3 nitrogen and oxygen atoms in total. The molecule has 0 saturated heterocycles. The summed E-state index contributed by atoms with van der Waals surface area (Å²) in [5.74, 6) is -0.0421. The molecule has 106 valence electrons. The fraction of sp³-hybridized carbons (Fsp3) is 0.312. The Bertz CT molecular complexity index is 576. The van der Waals surface area contributed by atoms with Crippen molar-refractivity contribution < 1.29 is 4.79 Å². The number of benzene rings is 1. The van der Waals surface area contributed by atoms with Gasteiger partial charge in [-0.15, -0.1) is 11.3 Å². The molecule has 4 heteroatoms. The molecule has 1 amide bonds. The van der Waals surface area contributed by atoms with Crippen LogP contribution in [0.15, 0.2) is 41.8 Å². The molecule has 20 heavy (non-hydrogen) atoms. The molecule has 0 aliphatic carbocycles. The summed E-state index contributed by atoms with van der Waals surface area (Å²) in [6.45, 7) is 4.90. The second-order valence-corrected chi connectivity index (χ2v) is 6.29. The van der Waals surface area contributed by atoms with E-state index < -0.39 is 0 Å². The van der Waals surface area contributed by atoms with Gasteiger partial charge in [0.05, 0.1) is 5.56 Å². The molecule has 2 N–H and O–H groups in total. The van der Waals surface area contributed by atoms with E-state index in [0.29, 0.717) is 12.1 Å². The summed E-state index contributed by atoms with van der Waals surface area (Å²) in [6.07, 6.45) is 0. The van der Waals surface area contributed by atoms with Crippen LogP contribution in [0.2, 0.25) is 0 Å². The number of para-hydroxylation sites is 1. The second-order valence-electron chi connectivity index (χ2n) is 5.34. The van der Waals surface area contributed by atoms with Crippen molar-refractivity contribution >= 4 is 22.9 Å². The molecule has 0 aliphatic rings. The zero-order valence-electron chi connectivity index (χ0n) is 12.1. The molecular formula is C16H20N2OS. The van der Waals surface area contributed by atoms with Gasteiger partial charge < -0.3 is 10.6 Å². The van der Waals surface area contributed by atoms with E-state index in [-0.39, 0.29) is 11.3 Å². The van der Waals surface area contributed by atoms with Crippen LogP contribution in [-0.2, 0) is 5.41 Å². The largest absolute Gasteiger partial charge is 0.387 e. The molecule has 0 unspecified atom stereocenters. The number of thiophene rings is 1. The van der Waals surface area contributed by atoms with Crippen LogP contribution in [0.1, 0.15) is 29.1 Å². The maximum atomic E-state index is 12.3. The third-order valence-electron chi connectivity index (χ3n) is 3.32. The molecule has 0 saturated carbocycles. The van der Waals surface area contributed by atoms with E-state index in [4.69, 9.17) is 0 Å². The Morgan fingerprint density at radius 3 is 2.60 bits per heavy atom. The first-order valence-corrected chi connectivity index (χ1v) is 7.51. The van der Waals surface area contributed by atoms with Crippen molar-refractivity contribution in [1.29, 1.82) is 0 Å². The quantitative estimate of drug-likeness (QED) is 0.884. The molecule has 0 fully saturated rings. The number of carbonyl (C=O) groups is 1. The van der Waals surface area contributed by atoms with Gasteiger partial charge in [0.15, 0.2) is 0 Å². The number of nitrogens with one attached hydrogen (secondary N) is 2. The van der Waals surface area contributed by atoms with Crippen LogP contribution >= 0.6 is 11.3 Å². The van der Waals surface area contributed by atoms with Gasteiger partial charge in [0.2, 0.25) is 0 Å². The summed E-state index contributed by atoms with van der Waals surface area (Å²) >= 11 is 1.72. The van der Waals surface area contributed by atoms with Gasteiger partial charge in [-0.3, -0.25) is 4.79 Å². The van der Waals surface area contributed by atoms with E-state index in [1.54, 1.807) is 11.3 Å². The number of hydrogen-bond acceptors (Lipinski definition) is 3. The minimum absolute atomic E-state index is 0.0421. The van der Waals surface area contributed by atoms with Crippen molar-refractivity contribution in [2.45, 2.75) is 19.3 Å². The Kier molecular flexibility index (Phi) is 4.45. The fourth-order valence-electron chi connectivity index (χ4n) is 2.05. The second kappa shape index (κ2) is 6.09. The van der Waals surface area contributed by atoms with E-state index in [1.807, 2.05) is 37.4 Å². The summed E-state index contributed by atoms with van der Waals surface area (Å²) in [5.41, 5.74) is 1.47. The minimum atomic E-state index is -0.0571. The van der Waals surface area contributed by atoms with Crippen molar-refractivity contribution in [3.05, 3.63) is 52.2 Å². The van der Waals surface area contributed by atoms with E-state index in [2.05, 4.69) is 35.9 Å². The van der Waals surface area contributed by atoms with Gasteiger partial charge in [0.25, 0.3) is 5.91 Å². The highest BCUT2D eigenvalue weighted by molar-refractivity contribution is 7.10. The van der Waals surface area contributed by atoms with Gasteiger partial charge in [-0.05, 0) is 23.6 Å². The molecule has 2 rings (SSSR count). The van der Waals surface area contributed by atoms with Gasteiger partial charge in [-0.2, -0.15) is 0 Å². The molecule has 2 aromatic rings. The molecule has 0 aliphatic heterocycles.